The molecule has 0 aliphatic carbocycles. The summed E-state index contributed by atoms with van der Waals surface area (Å²) < 4.78 is 15.5. The fourth-order valence-electron chi connectivity index (χ4n) is 2.82. The third kappa shape index (κ3) is 8.08. The molecule has 0 bridgehead atoms. The average molecular weight is 490 g/mol. The number of halogens is 1. The highest BCUT2D eigenvalue weighted by molar-refractivity contribution is 6.31. The van der Waals surface area contributed by atoms with Gasteiger partial charge in [-0.2, -0.15) is 5.10 Å². The van der Waals surface area contributed by atoms with Crippen LogP contribution in [0, 0.1) is 5.92 Å². The van der Waals surface area contributed by atoms with E-state index in [1.54, 1.807) is 36.4 Å². The number of hydrogen-bond donors (Lipinski definition) is 2. The lowest BCUT2D eigenvalue weighted by molar-refractivity contribution is -0.142. The highest BCUT2D eigenvalue weighted by Gasteiger charge is 2.24. The van der Waals surface area contributed by atoms with Gasteiger partial charge in [-0.05, 0) is 54.8 Å². The third-order valence-electron chi connectivity index (χ3n) is 4.55. The van der Waals surface area contributed by atoms with Crippen molar-refractivity contribution in [3.8, 4) is 11.5 Å². The summed E-state index contributed by atoms with van der Waals surface area (Å²) in [5.41, 5.74) is 3.43. The standard InChI is InChI=1S/C24H28ClN3O6/c1-5-33-20-11-16(9-10-19(20)34-14-21(29)32-4)13-26-28-24(31)22(15(2)3)27-23(30)17-7-6-8-18(25)12-17/h6-13,15,22H,5,14H2,1-4H3,(H,27,30)(H,28,31). The lowest BCUT2D eigenvalue weighted by Crippen LogP contribution is -2.48. The molecule has 10 heteroatoms. The number of esters is 1. The van der Waals surface area contributed by atoms with Crippen molar-refractivity contribution in [1.29, 1.82) is 0 Å². The number of nitrogens with zero attached hydrogens (tertiary/aromatic N) is 1. The number of benzene rings is 2. The maximum atomic E-state index is 12.7. The molecule has 0 aliphatic rings. The molecule has 0 saturated carbocycles. The van der Waals surface area contributed by atoms with Gasteiger partial charge in [0.1, 0.15) is 6.04 Å². The monoisotopic (exact) mass is 489 g/mol. The number of methoxy groups -OCH3 is 1. The van der Waals surface area contributed by atoms with Crippen LogP contribution in [0.4, 0.5) is 0 Å². The SMILES string of the molecule is CCOc1cc(C=NNC(=O)C(NC(=O)c2cccc(Cl)c2)C(C)C)ccc1OCC(=O)OC. The van der Waals surface area contributed by atoms with Crippen molar-refractivity contribution >= 4 is 35.6 Å². The maximum Gasteiger partial charge on any atom is 0.343 e. The van der Waals surface area contributed by atoms with Crippen molar-refractivity contribution in [2.45, 2.75) is 26.8 Å². The zero-order chi connectivity index (χ0) is 25.1. The Morgan fingerprint density at radius 2 is 1.85 bits per heavy atom. The van der Waals surface area contributed by atoms with Crippen LogP contribution < -0.4 is 20.2 Å². The van der Waals surface area contributed by atoms with Crippen molar-refractivity contribution in [2.75, 3.05) is 20.3 Å². The summed E-state index contributed by atoms with van der Waals surface area (Å²) in [6.07, 6.45) is 1.43. The molecule has 182 valence electrons. The molecule has 0 radical (unpaired) electrons. The molecular formula is C24H28ClN3O6. The summed E-state index contributed by atoms with van der Waals surface area (Å²) in [5.74, 6) is -0.798. The first kappa shape index (κ1) is 26.7. The molecule has 0 heterocycles. The minimum absolute atomic E-state index is 0.186. The van der Waals surface area contributed by atoms with Crippen molar-refractivity contribution in [1.82, 2.24) is 10.7 Å². The van der Waals surface area contributed by atoms with E-state index in [-0.39, 0.29) is 12.5 Å². The predicted molar refractivity (Wildman–Crippen MR) is 128 cm³/mol. The molecule has 2 amide bonds. The van der Waals surface area contributed by atoms with Gasteiger partial charge in [-0.3, -0.25) is 9.59 Å². The van der Waals surface area contributed by atoms with Crippen LogP contribution in [-0.4, -0.2) is 50.4 Å². The van der Waals surface area contributed by atoms with Crippen LogP contribution in [0.3, 0.4) is 0 Å². The molecule has 9 nitrogen and oxygen atoms in total. The van der Waals surface area contributed by atoms with Crippen LogP contribution in [0.1, 0.15) is 36.7 Å². The second kappa shape index (κ2) is 13.2. The molecule has 2 aromatic rings. The Balaban J connectivity index is 2.05. The van der Waals surface area contributed by atoms with E-state index in [0.717, 1.165) is 0 Å². The summed E-state index contributed by atoms with van der Waals surface area (Å²) >= 11 is 5.94. The van der Waals surface area contributed by atoms with E-state index in [0.29, 0.717) is 34.3 Å². The molecule has 0 saturated heterocycles. The molecule has 2 N–H and O–H groups in total. The number of hydrazone groups is 1. The Morgan fingerprint density at radius 1 is 1.09 bits per heavy atom. The first-order valence-corrected chi connectivity index (χ1v) is 11.0. The number of ether oxygens (including phenoxy) is 3. The molecule has 0 aliphatic heterocycles. The van der Waals surface area contributed by atoms with Gasteiger partial charge in [0.15, 0.2) is 18.1 Å². The summed E-state index contributed by atoms with van der Waals surface area (Å²) in [5, 5.41) is 7.13. The zero-order valence-corrected chi connectivity index (χ0v) is 20.2. The fraction of sp³-hybridized carbons (Fsp3) is 0.333. The first-order chi connectivity index (χ1) is 16.2. The van der Waals surface area contributed by atoms with Crippen LogP contribution >= 0.6 is 11.6 Å². The van der Waals surface area contributed by atoms with Crippen molar-refractivity contribution in [2.24, 2.45) is 11.0 Å². The minimum atomic E-state index is -0.809. The van der Waals surface area contributed by atoms with Gasteiger partial charge < -0.3 is 19.5 Å². The number of nitrogens with one attached hydrogen (secondary N) is 2. The Morgan fingerprint density at radius 3 is 2.50 bits per heavy atom. The molecular weight excluding hydrogens is 462 g/mol. The molecule has 34 heavy (non-hydrogen) atoms. The van der Waals surface area contributed by atoms with Gasteiger partial charge in [0.25, 0.3) is 11.8 Å². The van der Waals surface area contributed by atoms with Gasteiger partial charge in [0.2, 0.25) is 0 Å². The summed E-state index contributed by atoms with van der Waals surface area (Å²) in [6, 6.07) is 10.6. The quantitative estimate of drug-likeness (QED) is 0.284. The fourth-order valence-corrected chi connectivity index (χ4v) is 3.01. The average Bonchev–Trinajstić information content (AvgIpc) is 2.81. The van der Waals surface area contributed by atoms with E-state index in [1.807, 2.05) is 20.8 Å². The lowest BCUT2D eigenvalue weighted by atomic mass is 10.0. The molecule has 1 unspecified atom stereocenters. The highest BCUT2D eigenvalue weighted by atomic mass is 35.5. The van der Waals surface area contributed by atoms with E-state index >= 15 is 0 Å². The Hall–Kier alpha value is -3.59. The Labute approximate surface area is 203 Å². The molecule has 2 rings (SSSR count). The number of carbonyl (C=O) groups excluding carboxylic acids is 3. The van der Waals surface area contributed by atoms with Crippen LogP contribution in [0.25, 0.3) is 0 Å². The first-order valence-electron chi connectivity index (χ1n) is 10.6. The van der Waals surface area contributed by atoms with Crippen LogP contribution in [0.5, 0.6) is 11.5 Å². The van der Waals surface area contributed by atoms with E-state index in [4.69, 9.17) is 21.1 Å². The summed E-state index contributed by atoms with van der Waals surface area (Å²) in [4.78, 5) is 36.5. The molecule has 0 spiro atoms. The van der Waals surface area contributed by atoms with E-state index in [9.17, 15) is 14.4 Å². The van der Waals surface area contributed by atoms with Crippen LogP contribution in [0.15, 0.2) is 47.6 Å². The lowest BCUT2D eigenvalue weighted by Gasteiger charge is -2.20. The molecule has 1 atom stereocenters. The van der Waals surface area contributed by atoms with Crippen LogP contribution in [-0.2, 0) is 14.3 Å². The van der Waals surface area contributed by atoms with E-state index in [2.05, 4.69) is 20.6 Å². The van der Waals surface area contributed by atoms with Gasteiger partial charge in [-0.25, -0.2) is 10.2 Å². The second-order valence-corrected chi connectivity index (χ2v) is 7.88. The number of amides is 2. The largest absolute Gasteiger partial charge is 0.490 e. The second-order valence-electron chi connectivity index (χ2n) is 7.44. The zero-order valence-electron chi connectivity index (χ0n) is 19.5. The molecule has 2 aromatic carbocycles. The number of carbonyl (C=O) groups is 3. The smallest absolute Gasteiger partial charge is 0.343 e. The van der Waals surface area contributed by atoms with Crippen molar-refractivity contribution < 1.29 is 28.6 Å². The minimum Gasteiger partial charge on any atom is -0.490 e. The Bertz CT molecular complexity index is 1040. The third-order valence-corrected chi connectivity index (χ3v) is 4.79. The predicted octanol–water partition coefficient (Wildman–Crippen LogP) is 3.20. The summed E-state index contributed by atoms with van der Waals surface area (Å²) in [6.45, 7) is 5.57. The van der Waals surface area contributed by atoms with Crippen molar-refractivity contribution in [3.63, 3.8) is 0 Å². The van der Waals surface area contributed by atoms with Gasteiger partial charge >= 0.3 is 5.97 Å². The molecule has 0 aromatic heterocycles. The van der Waals surface area contributed by atoms with Gasteiger partial charge in [-0.1, -0.05) is 31.5 Å². The summed E-state index contributed by atoms with van der Waals surface area (Å²) in [7, 11) is 1.27. The Kier molecular flexibility index (Phi) is 10.3. The highest BCUT2D eigenvalue weighted by Crippen LogP contribution is 2.28. The maximum absolute atomic E-state index is 12.7. The van der Waals surface area contributed by atoms with Crippen LogP contribution in [0.2, 0.25) is 5.02 Å². The van der Waals surface area contributed by atoms with Gasteiger partial charge in [-0.15, -0.1) is 0 Å². The topological polar surface area (TPSA) is 115 Å². The van der Waals surface area contributed by atoms with Gasteiger partial charge in [0, 0.05) is 10.6 Å². The van der Waals surface area contributed by atoms with Gasteiger partial charge in [0.05, 0.1) is 19.9 Å². The van der Waals surface area contributed by atoms with Crippen molar-refractivity contribution in [3.05, 3.63) is 58.6 Å². The number of hydrogen-bond acceptors (Lipinski definition) is 7. The number of rotatable bonds is 11. The van der Waals surface area contributed by atoms with E-state index < -0.39 is 23.8 Å². The normalized spacial score (nSPS) is 11.7. The van der Waals surface area contributed by atoms with E-state index in [1.165, 1.54) is 19.4 Å². The molecule has 0 fully saturated rings.